The van der Waals surface area contributed by atoms with Gasteiger partial charge in [0.15, 0.2) is 17.7 Å². The van der Waals surface area contributed by atoms with Crippen LogP contribution in [0.1, 0.15) is 10.4 Å². The summed E-state index contributed by atoms with van der Waals surface area (Å²) in [6, 6.07) is 0. The molecule has 1 amide bonds. The number of thioether (sulfide) groups is 1. The van der Waals surface area contributed by atoms with Crippen LogP contribution in [0.15, 0.2) is 17.6 Å². The normalized spacial score (nSPS) is 13.4. The number of ether oxygens (including phenoxy) is 1. The van der Waals surface area contributed by atoms with Gasteiger partial charge >= 0.3 is 0 Å². The molecule has 0 bridgehead atoms. The molecule has 2 N–H and O–H groups in total. The number of aryl methyl sites for hydroxylation is 1. The van der Waals surface area contributed by atoms with Crippen molar-refractivity contribution in [2.75, 3.05) is 18.3 Å². The Morgan fingerprint density at radius 1 is 1.50 bits per heavy atom. The SMILES string of the molecule is CSc1nc(Nc2cnn(C)c2)c2c(n1)OCNC2=O. The summed E-state index contributed by atoms with van der Waals surface area (Å²) >= 11 is 1.38. The minimum absolute atomic E-state index is 0.114. The fourth-order valence-corrected chi connectivity index (χ4v) is 2.15. The monoisotopic (exact) mass is 292 g/mol. The zero-order chi connectivity index (χ0) is 14.1. The lowest BCUT2D eigenvalue weighted by molar-refractivity contribution is 0.0877. The van der Waals surface area contributed by atoms with Gasteiger partial charge in [0, 0.05) is 13.2 Å². The molecule has 9 heteroatoms. The van der Waals surface area contributed by atoms with Crippen molar-refractivity contribution < 1.29 is 9.53 Å². The van der Waals surface area contributed by atoms with Gasteiger partial charge in [-0.3, -0.25) is 9.48 Å². The molecule has 2 aromatic heterocycles. The number of rotatable bonds is 3. The van der Waals surface area contributed by atoms with Crippen LogP contribution in [0.25, 0.3) is 0 Å². The molecule has 3 rings (SSSR count). The van der Waals surface area contributed by atoms with Crippen LogP contribution >= 0.6 is 11.8 Å². The fraction of sp³-hybridized carbons (Fsp3) is 0.273. The van der Waals surface area contributed by atoms with Crippen LogP contribution in [-0.2, 0) is 7.05 Å². The number of nitrogens with one attached hydrogen (secondary N) is 2. The zero-order valence-corrected chi connectivity index (χ0v) is 11.7. The second kappa shape index (κ2) is 5.00. The summed E-state index contributed by atoms with van der Waals surface area (Å²) < 4.78 is 7.02. The number of amides is 1. The molecule has 0 aromatic carbocycles. The van der Waals surface area contributed by atoms with Gasteiger partial charge in [-0.25, -0.2) is 4.98 Å². The lowest BCUT2D eigenvalue weighted by Gasteiger charge is -2.19. The molecule has 3 heterocycles. The molecule has 0 fully saturated rings. The van der Waals surface area contributed by atoms with Gasteiger partial charge < -0.3 is 15.4 Å². The minimum atomic E-state index is -0.259. The third kappa shape index (κ3) is 2.27. The first-order valence-electron chi connectivity index (χ1n) is 5.80. The van der Waals surface area contributed by atoms with E-state index in [1.165, 1.54) is 11.8 Å². The van der Waals surface area contributed by atoms with Gasteiger partial charge in [-0.2, -0.15) is 10.1 Å². The molecule has 0 radical (unpaired) electrons. The highest BCUT2D eigenvalue weighted by atomic mass is 32.2. The highest BCUT2D eigenvalue weighted by Crippen LogP contribution is 2.29. The van der Waals surface area contributed by atoms with E-state index in [1.807, 2.05) is 13.3 Å². The van der Waals surface area contributed by atoms with Crippen LogP contribution in [0.4, 0.5) is 11.5 Å². The maximum absolute atomic E-state index is 12.0. The summed E-state index contributed by atoms with van der Waals surface area (Å²) in [5.74, 6) is 0.439. The molecule has 0 spiro atoms. The summed E-state index contributed by atoms with van der Waals surface area (Å²) in [4.78, 5) is 20.5. The first-order valence-corrected chi connectivity index (χ1v) is 7.02. The highest BCUT2D eigenvalue weighted by molar-refractivity contribution is 7.98. The largest absolute Gasteiger partial charge is 0.456 e. The Bertz CT molecular complexity index is 671. The van der Waals surface area contributed by atoms with E-state index >= 15 is 0 Å². The predicted molar refractivity (Wildman–Crippen MR) is 73.3 cm³/mol. The van der Waals surface area contributed by atoms with Gasteiger partial charge in [-0.15, -0.1) is 0 Å². The van der Waals surface area contributed by atoms with E-state index in [2.05, 4.69) is 25.7 Å². The third-order valence-corrected chi connectivity index (χ3v) is 3.22. The van der Waals surface area contributed by atoms with Crippen molar-refractivity contribution in [2.45, 2.75) is 5.16 Å². The number of carbonyl (C=O) groups is 1. The molecular weight excluding hydrogens is 280 g/mol. The van der Waals surface area contributed by atoms with Gasteiger partial charge in [-0.1, -0.05) is 11.8 Å². The molecule has 1 aliphatic rings. The van der Waals surface area contributed by atoms with E-state index in [0.717, 1.165) is 5.69 Å². The van der Waals surface area contributed by atoms with Crippen LogP contribution in [0, 0.1) is 0 Å². The molecule has 0 unspecified atom stereocenters. The van der Waals surface area contributed by atoms with E-state index in [0.29, 0.717) is 22.4 Å². The van der Waals surface area contributed by atoms with Crippen LogP contribution < -0.4 is 15.4 Å². The number of aromatic nitrogens is 4. The van der Waals surface area contributed by atoms with Crippen LogP contribution in [0.3, 0.4) is 0 Å². The van der Waals surface area contributed by atoms with E-state index < -0.39 is 0 Å². The first kappa shape index (κ1) is 12.7. The number of anilines is 2. The summed E-state index contributed by atoms with van der Waals surface area (Å²) in [5, 5.41) is 10.3. The van der Waals surface area contributed by atoms with Crippen molar-refractivity contribution in [1.29, 1.82) is 0 Å². The molecule has 20 heavy (non-hydrogen) atoms. The van der Waals surface area contributed by atoms with Crippen LogP contribution in [-0.4, -0.2) is 38.6 Å². The van der Waals surface area contributed by atoms with E-state index in [1.54, 1.807) is 17.1 Å². The maximum Gasteiger partial charge on any atom is 0.263 e. The first-order chi connectivity index (χ1) is 9.67. The fourth-order valence-electron chi connectivity index (χ4n) is 1.79. The topological polar surface area (TPSA) is 94.0 Å². The van der Waals surface area contributed by atoms with Crippen molar-refractivity contribution in [3.05, 3.63) is 18.0 Å². The van der Waals surface area contributed by atoms with Gasteiger partial charge in [0.25, 0.3) is 5.91 Å². The molecular formula is C11H12N6O2S. The number of hydrogen-bond donors (Lipinski definition) is 2. The summed E-state index contributed by atoms with van der Waals surface area (Å²) in [6.45, 7) is 0.114. The predicted octanol–water partition coefficient (Wildman–Crippen LogP) is 0.755. The minimum Gasteiger partial charge on any atom is -0.456 e. The van der Waals surface area contributed by atoms with Crippen molar-refractivity contribution in [2.24, 2.45) is 7.05 Å². The molecule has 1 aliphatic heterocycles. The Kier molecular flexibility index (Phi) is 3.18. The van der Waals surface area contributed by atoms with E-state index in [4.69, 9.17) is 4.74 Å². The number of nitrogens with zero attached hydrogens (tertiary/aromatic N) is 4. The highest BCUT2D eigenvalue weighted by Gasteiger charge is 2.26. The standard InChI is InChI=1S/C11H12N6O2S/c1-17-4-6(3-13-17)14-8-7-9(18)12-5-19-10(7)16-11(15-8)20-2/h3-4H,5H2,1-2H3,(H,12,18)(H,14,15,16). The van der Waals surface area contributed by atoms with E-state index in [-0.39, 0.29) is 12.6 Å². The second-order valence-corrected chi connectivity index (χ2v) is 4.83. The smallest absolute Gasteiger partial charge is 0.263 e. The van der Waals surface area contributed by atoms with Crippen molar-refractivity contribution in [3.8, 4) is 5.88 Å². The average molecular weight is 292 g/mol. The van der Waals surface area contributed by atoms with Gasteiger partial charge in [0.1, 0.15) is 5.56 Å². The van der Waals surface area contributed by atoms with Crippen LogP contribution in [0.5, 0.6) is 5.88 Å². The van der Waals surface area contributed by atoms with Gasteiger partial charge in [0.05, 0.1) is 11.9 Å². The Morgan fingerprint density at radius 2 is 2.35 bits per heavy atom. The quantitative estimate of drug-likeness (QED) is 0.637. The molecule has 0 aliphatic carbocycles. The summed E-state index contributed by atoms with van der Waals surface area (Å²) in [6.07, 6.45) is 5.29. The van der Waals surface area contributed by atoms with Crippen LogP contribution in [0.2, 0.25) is 0 Å². The zero-order valence-electron chi connectivity index (χ0n) is 10.9. The third-order valence-electron chi connectivity index (χ3n) is 2.67. The Balaban J connectivity index is 2.05. The number of fused-ring (bicyclic) bond motifs is 1. The summed E-state index contributed by atoms with van der Waals surface area (Å²) in [7, 11) is 1.81. The van der Waals surface area contributed by atoms with Crippen molar-refractivity contribution in [3.63, 3.8) is 0 Å². The molecule has 2 aromatic rings. The van der Waals surface area contributed by atoms with Crippen molar-refractivity contribution >= 4 is 29.2 Å². The molecule has 0 saturated heterocycles. The molecule has 104 valence electrons. The second-order valence-electron chi connectivity index (χ2n) is 4.06. The number of hydrogen-bond acceptors (Lipinski definition) is 7. The lowest BCUT2D eigenvalue weighted by atomic mass is 10.2. The summed E-state index contributed by atoms with van der Waals surface area (Å²) in [5.41, 5.74) is 1.04. The van der Waals surface area contributed by atoms with Gasteiger partial charge in [-0.05, 0) is 6.26 Å². The van der Waals surface area contributed by atoms with Gasteiger partial charge in [0.2, 0.25) is 5.88 Å². The Labute approximate surface area is 118 Å². The van der Waals surface area contributed by atoms with Crippen molar-refractivity contribution in [1.82, 2.24) is 25.1 Å². The average Bonchev–Trinajstić information content (AvgIpc) is 2.83. The Hall–Kier alpha value is -2.29. The molecule has 8 nitrogen and oxygen atoms in total. The van der Waals surface area contributed by atoms with E-state index in [9.17, 15) is 4.79 Å². The number of carbonyl (C=O) groups excluding carboxylic acids is 1. The maximum atomic E-state index is 12.0. The lowest BCUT2D eigenvalue weighted by Crippen LogP contribution is -2.34. The molecule has 0 atom stereocenters. The molecule has 0 saturated carbocycles. The Morgan fingerprint density at radius 3 is 3.05 bits per heavy atom.